The molecule has 0 aliphatic carbocycles. The molecule has 0 saturated carbocycles. The number of alkyl halides is 2. The van der Waals surface area contributed by atoms with Gasteiger partial charge in [0.2, 0.25) is 6.79 Å². The second kappa shape index (κ2) is 5.46. The van der Waals surface area contributed by atoms with E-state index in [0.29, 0.717) is 0 Å². The molecule has 0 aromatic rings. The Bertz CT molecular complexity index is 382. The van der Waals surface area contributed by atoms with Gasteiger partial charge in [0.05, 0.1) is 5.41 Å². The summed E-state index contributed by atoms with van der Waals surface area (Å²) in [6, 6.07) is 0. The van der Waals surface area contributed by atoms with Gasteiger partial charge in [0.25, 0.3) is 0 Å². The third-order valence-electron chi connectivity index (χ3n) is 2.29. The molecule has 0 aromatic carbocycles. The lowest BCUT2D eigenvalue weighted by atomic mass is 9.97. The maximum absolute atomic E-state index is 13.7. The van der Waals surface area contributed by atoms with Crippen LogP contribution in [0.3, 0.4) is 0 Å². The number of halogens is 2. The van der Waals surface area contributed by atoms with E-state index in [1.165, 1.54) is 0 Å². The number of rotatable bonds is 4. The molecule has 114 valence electrons. The van der Waals surface area contributed by atoms with Gasteiger partial charge in [0.15, 0.2) is 0 Å². The third kappa shape index (κ3) is 4.51. The van der Waals surface area contributed by atoms with Gasteiger partial charge in [0.1, 0.15) is 0 Å². The first-order valence-electron chi connectivity index (χ1n) is 5.65. The largest absolute Gasteiger partial charge is 0.438 e. The molecule has 0 radical (unpaired) electrons. The maximum atomic E-state index is 13.7. The smallest absolute Gasteiger partial charge is 0.400 e. The summed E-state index contributed by atoms with van der Waals surface area (Å²) in [4.78, 5) is 20.6. The minimum Gasteiger partial charge on any atom is -0.438 e. The van der Waals surface area contributed by atoms with Gasteiger partial charge in [0, 0.05) is 5.41 Å². The maximum Gasteiger partial charge on any atom is 0.400 e. The fourth-order valence-corrected chi connectivity index (χ4v) is 2.08. The first-order valence-corrected chi connectivity index (χ1v) is 7.23. The second-order valence-electron chi connectivity index (χ2n) is 6.24. The van der Waals surface area contributed by atoms with Crippen molar-refractivity contribution in [1.29, 1.82) is 0 Å². The zero-order valence-corrected chi connectivity index (χ0v) is 12.9. The number of esters is 1. The lowest BCUT2D eigenvalue weighted by Gasteiger charge is -2.32. The van der Waals surface area contributed by atoms with Crippen LogP contribution in [0.25, 0.3) is 0 Å². The standard InChI is InChI=1S/C11H21F2O5P/c1-9(2,3)8(14)17-7-18-19(15,16)11(12,13)10(4,5)6/h7H2,1-6H3,(H,15,16). The van der Waals surface area contributed by atoms with Gasteiger partial charge in [-0.3, -0.25) is 13.9 Å². The molecule has 0 fully saturated rings. The summed E-state index contributed by atoms with van der Waals surface area (Å²) in [5, 5.41) is 0. The van der Waals surface area contributed by atoms with E-state index < -0.39 is 36.9 Å². The van der Waals surface area contributed by atoms with E-state index in [0.717, 1.165) is 20.8 Å². The molecule has 5 nitrogen and oxygen atoms in total. The van der Waals surface area contributed by atoms with E-state index in [1.807, 2.05) is 0 Å². The van der Waals surface area contributed by atoms with Crippen molar-refractivity contribution in [2.24, 2.45) is 10.8 Å². The van der Waals surface area contributed by atoms with Crippen molar-refractivity contribution >= 4 is 13.6 Å². The molecule has 0 saturated heterocycles. The van der Waals surface area contributed by atoms with Crippen molar-refractivity contribution in [3.8, 4) is 0 Å². The van der Waals surface area contributed by atoms with Gasteiger partial charge >= 0.3 is 19.2 Å². The number of carbonyl (C=O) groups excluding carboxylic acids is 1. The van der Waals surface area contributed by atoms with E-state index in [4.69, 9.17) is 0 Å². The van der Waals surface area contributed by atoms with Gasteiger partial charge in [-0.1, -0.05) is 20.8 Å². The molecule has 1 unspecified atom stereocenters. The fraction of sp³-hybridized carbons (Fsp3) is 0.909. The molecule has 0 aliphatic heterocycles. The Hall–Kier alpha value is -0.520. The number of hydrogen-bond acceptors (Lipinski definition) is 4. The van der Waals surface area contributed by atoms with Crippen molar-refractivity contribution in [2.45, 2.75) is 47.2 Å². The lowest BCUT2D eigenvalue weighted by molar-refractivity contribution is -0.161. The molecule has 0 heterocycles. The molecular weight excluding hydrogens is 281 g/mol. The van der Waals surface area contributed by atoms with Crippen molar-refractivity contribution in [2.75, 3.05) is 6.79 Å². The summed E-state index contributed by atoms with van der Waals surface area (Å²) >= 11 is 0. The Kier molecular flexibility index (Phi) is 5.31. The Morgan fingerprint density at radius 1 is 1.16 bits per heavy atom. The molecule has 0 amide bonds. The number of ether oxygens (including phenoxy) is 1. The van der Waals surface area contributed by atoms with Crippen LogP contribution in [0.1, 0.15) is 41.5 Å². The number of hydrogen-bond donors (Lipinski definition) is 1. The van der Waals surface area contributed by atoms with Crippen LogP contribution in [-0.4, -0.2) is 23.3 Å². The summed E-state index contributed by atoms with van der Waals surface area (Å²) in [5.74, 6) is -0.716. The van der Waals surface area contributed by atoms with E-state index in [9.17, 15) is 23.0 Å². The van der Waals surface area contributed by atoms with Gasteiger partial charge in [-0.05, 0) is 20.8 Å². The highest BCUT2D eigenvalue weighted by molar-refractivity contribution is 7.54. The number of carbonyl (C=O) groups is 1. The molecule has 0 rings (SSSR count). The van der Waals surface area contributed by atoms with Crippen LogP contribution in [-0.2, 0) is 18.6 Å². The highest BCUT2D eigenvalue weighted by atomic mass is 31.2. The van der Waals surface area contributed by atoms with Crippen LogP contribution in [0.15, 0.2) is 0 Å². The molecule has 0 aromatic heterocycles. The summed E-state index contributed by atoms with van der Waals surface area (Å²) in [5.41, 5.74) is -6.56. The molecule has 1 atom stereocenters. The lowest BCUT2D eigenvalue weighted by Crippen LogP contribution is -2.34. The fourth-order valence-electron chi connectivity index (χ4n) is 0.873. The molecule has 0 spiro atoms. The Balaban J connectivity index is 4.66. The van der Waals surface area contributed by atoms with E-state index in [2.05, 4.69) is 9.26 Å². The monoisotopic (exact) mass is 302 g/mol. The topological polar surface area (TPSA) is 72.8 Å². The molecule has 1 N–H and O–H groups in total. The zero-order valence-electron chi connectivity index (χ0n) is 12.0. The van der Waals surface area contributed by atoms with Crippen LogP contribution >= 0.6 is 7.60 Å². The average Bonchev–Trinajstić information content (AvgIpc) is 2.13. The van der Waals surface area contributed by atoms with Crippen LogP contribution in [0.4, 0.5) is 8.78 Å². The van der Waals surface area contributed by atoms with Gasteiger partial charge in [-0.25, -0.2) is 0 Å². The average molecular weight is 302 g/mol. The SMILES string of the molecule is CC(C)(C)C(=O)OCOP(=O)(O)C(F)(F)C(C)(C)C. The molecule has 0 bridgehead atoms. The summed E-state index contributed by atoms with van der Waals surface area (Å²) < 4.78 is 47.6. The second-order valence-corrected chi connectivity index (χ2v) is 8.10. The van der Waals surface area contributed by atoms with Gasteiger partial charge in [-0.2, -0.15) is 8.78 Å². The summed E-state index contributed by atoms with van der Waals surface area (Å²) in [6.07, 6.45) is 0. The van der Waals surface area contributed by atoms with Gasteiger partial charge < -0.3 is 9.63 Å². The quantitative estimate of drug-likeness (QED) is 0.489. The molecule has 8 heteroatoms. The Morgan fingerprint density at radius 3 is 1.89 bits per heavy atom. The molecular formula is C11H21F2O5P. The minimum atomic E-state index is -5.24. The Morgan fingerprint density at radius 2 is 1.58 bits per heavy atom. The zero-order chi connectivity index (χ0) is 15.7. The van der Waals surface area contributed by atoms with E-state index in [-0.39, 0.29) is 0 Å². The van der Waals surface area contributed by atoms with Crippen molar-refractivity contribution in [1.82, 2.24) is 0 Å². The summed E-state index contributed by atoms with van der Waals surface area (Å²) in [6.45, 7) is 7.00. The van der Waals surface area contributed by atoms with Crippen molar-refractivity contribution < 1.29 is 32.3 Å². The van der Waals surface area contributed by atoms with Crippen LogP contribution in [0.2, 0.25) is 0 Å². The highest BCUT2D eigenvalue weighted by Crippen LogP contribution is 2.64. The first kappa shape index (κ1) is 18.5. The predicted octanol–water partition coefficient (Wildman–Crippen LogP) is 3.37. The first-order chi connectivity index (χ1) is 8.13. The van der Waals surface area contributed by atoms with E-state index >= 15 is 0 Å². The highest BCUT2D eigenvalue weighted by Gasteiger charge is 2.59. The van der Waals surface area contributed by atoms with Crippen LogP contribution < -0.4 is 0 Å². The minimum absolute atomic E-state index is 0.716. The van der Waals surface area contributed by atoms with Crippen molar-refractivity contribution in [3.05, 3.63) is 0 Å². The predicted molar refractivity (Wildman–Crippen MR) is 65.7 cm³/mol. The van der Waals surface area contributed by atoms with Crippen molar-refractivity contribution in [3.63, 3.8) is 0 Å². The molecule has 0 aliphatic rings. The third-order valence-corrected chi connectivity index (χ3v) is 4.12. The van der Waals surface area contributed by atoms with Gasteiger partial charge in [-0.15, -0.1) is 0 Å². The Labute approximate surface area is 111 Å². The normalized spacial score (nSPS) is 16.9. The van der Waals surface area contributed by atoms with Crippen LogP contribution in [0, 0.1) is 10.8 Å². The van der Waals surface area contributed by atoms with Crippen LogP contribution in [0.5, 0.6) is 0 Å². The molecule has 19 heavy (non-hydrogen) atoms. The van der Waals surface area contributed by atoms with E-state index in [1.54, 1.807) is 20.8 Å². The summed E-state index contributed by atoms with van der Waals surface area (Å²) in [7, 11) is -5.24.